The van der Waals surface area contributed by atoms with Crippen LogP contribution < -0.4 is 15.2 Å². The first-order valence-electron chi connectivity index (χ1n) is 12.5. The van der Waals surface area contributed by atoms with E-state index in [4.69, 9.17) is 4.74 Å². The quantitative estimate of drug-likeness (QED) is 0.383. The molecule has 0 amide bonds. The van der Waals surface area contributed by atoms with Gasteiger partial charge in [-0.15, -0.1) is 11.8 Å². The second-order valence-corrected chi connectivity index (χ2v) is 12.7. The molecule has 5 rings (SSSR count). The van der Waals surface area contributed by atoms with Crippen molar-refractivity contribution in [1.29, 1.82) is 0 Å². The van der Waals surface area contributed by atoms with Crippen LogP contribution in [0.4, 0.5) is 14.5 Å². The van der Waals surface area contributed by atoms with Crippen LogP contribution in [0.25, 0.3) is 5.69 Å². The number of piperazine rings is 1. The number of hydrogen-bond donors (Lipinski definition) is 0. The van der Waals surface area contributed by atoms with Gasteiger partial charge in [0.1, 0.15) is 22.4 Å². The van der Waals surface area contributed by atoms with Crippen LogP contribution in [0.2, 0.25) is 0 Å². The number of ether oxygens (including phenoxy) is 1. The molecule has 12 heteroatoms. The van der Waals surface area contributed by atoms with Crippen molar-refractivity contribution in [2.24, 2.45) is 0 Å². The number of sulfonamides is 1. The lowest BCUT2D eigenvalue weighted by Gasteiger charge is -2.35. The molecule has 202 valence electrons. The number of halogens is 2. The van der Waals surface area contributed by atoms with Crippen molar-refractivity contribution < 1.29 is 21.9 Å². The molecule has 2 aliphatic rings. The smallest absolute Gasteiger partial charge is 0.316 e. The van der Waals surface area contributed by atoms with Gasteiger partial charge >= 0.3 is 5.56 Å². The summed E-state index contributed by atoms with van der Waals surface area (Å²) in [5.41, 5.74) is -0.207. The van der Waals surface area contributed by atoms with Gasteiger partial charge in [-0.05, 0) is 49.9 Å². The normalized spacial score (nSPS) is 17.2. The number of thioether (sulfide) groups is 1. The Labute approximate surface area is 224 Å². The minimum absolute atomic E-state index is 0.0397. The third-order valence-corrected chi connectivity index (χ3v) is 10.1. The number of aromatic nitrogens is 2. The number of rotatable bonds is 8. The zero-order valence-corrected chi connectivity index (χ0v) is 22.3. The van der Waals surface area contributed by atoms with Crippen molar-refractivity contribution in [3.63, 3.8) is 0 Å². The molecule has 38 heavy (non-hydrogen) atoms. The topological polar surface area (TPSA) is 84.7 Å². The molecule has 2 heterocycles. The number of nitrogens with zero attached hydrogens (tertiary/aromatic N) is 4. The van der Waals surface area contributed by atoms with Gasteiger partial charge in [0.15, 0.2) is 0 Å². The largest absolute Gasteiger partial charge is 0.483 e. The third kappa shape index (κ3) is 6.02. The van der Waals surface area contributed by atoms with Crippen LogP contribution in [0, 0.1) is 11.6 Å². The van der Waals surface area contributed by atoms with Gasteiger partial charge in [0.2, 0.25) is 15.8 Å². The zero-order chi connectivity index (χ0) is 26.7. The SMILES string of the molecule is O=c1c(OC2CCCC2)c(N2CCN(S(=O)(=O)CSc3ccccc3)CC2)cnn1-c1cc(F)cc(F)c1. The van der Waals surface area contributed by atoms with E-state index in [1.807, 2.05) is 35.2 Å². The fourth-order valence-corrected chi connectivity index (χ4v) is 7.53. The van der Waals surface area contributed by atoms with Crippen molar-refractivity contribution in [2.45, 2.75) is 36.7 Å². The molecule has 3 aromatic rings. The van der Waals surface area contributed by atoms with Gasteiger partial charge in [0.05, 0.1) is 18.0 Å². The highest BCUT2D eigenvalue weighted by Crippen LogP contribution is 2.31. The second-order valence-electron chi connectivity index (χ2n) is 9.30. The lowest BCUT2D eigenvalue weighted by Crippen LogP contribution is -2.49. The van der Waals surface area contributed by atoms with Crippen LogP contribution in [0.1, 0.15) is 25.7 Å². The van der Waals surface area contributed by atoms with E-state index in [1.165, 1.54) is 22.3 Å². The van der Waals surface area contributed by atoms with Crippen molar-refractivity contribution in [2.75, 3.05) is 36.2 Å². The number of benzene rings is 2. The molecule has 2 fully saturated rings. The van der Waals surface area contributed by atoms with E-state index >= 15 is 0 Å². The molecule has 0 unspecified atom stereocenters. The van der Waals surface area contributed by atoms with E-state index in [0.29, 0.717) is 18.8 Å². The van der Waals surface area contributed by atoms with Gasteiger partial charge in [-0.25, -0.2) is 17.2 Å². The first-order chi connectivity index (χ1) is 18.3. The minimum atomic E-state index is -3.49. The molecule has 1 saturated carbocycles. The Bertz CT molecular complexity index is 1420. The fourth-order valence-electron chi connectivity index (χ4n) is 4.72. The van der Waals surface area contributed by atoms with Gasteiger partial charge in [0, 0.05) is 37.1 Å². The molecule has 0 atom stereocenters. The van der Waals surface area contributed by atoms with Crippen LogP contribution in [0.3, 0.4) is 0 Å². The van der Waals surface area contributed by atoms with Crippen molar-refractivity contribution in [3.05, 3.63) is 76.7 Å². The molecular weight excluding hydrogens is 534 g/mol. The van der Waals surface area contributed by atoms with Gasteiger partial charge in [-0.2, -0.15) is 14.1 Å². The van der Waals surface area contributed by atoms with Gasteiger partial charge in [-0.3, -0.25) is 4.79 Å². The molecule has 0 N–H and O–H groups in total. The van der Waals surface area contributed by atoms with Crippen molar-refractivity contribution in [3.8, 4) is 11.4 Å². The van der Waals surface area contributed by atoms with Gasteiger partial charge < -0.3 is 9.64 Å². The molecule has 1 saturated heterocycles. The molecule has 1 aliphatic carbocycles. The number of anilines is 1. The van der Waals surface area contributed by atoms with Crippen molar-refractivity contribution in [1.82, 2.24) is 14.1 Å². The predicted molar refractivity (Wildman–Crippen MR) is 143 cm³/mol. The molecule has 0 spiro atoms. The second kappa shape index (κ2) is 11.4. The molecule has 1 aliphatic heterocycles. The average Bonchev–Trinajstić information content (AvgIpc) is 3.42. The summed E-state index contributed by atoms with van der Waals surface area (Å²) < 4.78 is 62.1. The summed E-state index contributed by atoms with van der Waals surface area (Å²) in [6, 6.07) is 12.2. The molecule has 2 aromatic carbocycles. The van der Waals surface area contributed by atoms with Crippen LogP contribution in [-0.2, 0) is 10.0 Å². The van der Waals surface area contributed by atoms with Gasteiger partial charge in [0.25, 0.3) is 0 Å². The van der Waals surface area contributed by atoms with E-state index < -0.39 is 27.2 Å². The molecule has 0 bridgehead atoms. The Hall–Kier alpha value is -2.96. The Morgan fingerprint density at radius 1 is 0.974 bits per heavy atom. The van der Waals surface area contributed by atoms with E-state index in [1.54, 1.807) is 0 Å². The fraction of sp³-hybridized carbons (Fsp3) is 0.385. The summed E-state index contributed by atoms with van der Waals surface area (Å²) in [4.78, 5) is 16.2. The van der Waals surface area contributed by atoms with Crippen LogP contribution in [0.5, 0.6) is 5.75 Å². The van der Waals surface area contributed by atoms with E-state index in [9.17, 15) is 22.0 Å². The molecular formula is C26H28F2N4O4S2. The van der Waals surface area contributed by atoms with Gasteiger partial charge in [-0.1, -0.05) is 18.2 Å². The maximum Gasteiger partial charge on any atom is 0.316 e. The highest BCUT2D eigenvalue weighted by atomic mass is 32.3. The summed E-state index contributed by atoms with van der Waals surface area (Å²) in [5, 5.41) is 4.13. The lowest BCUT2D eigenvalue weighted by atomic mass is 10.2. The Morgan fingerprint density at radius 3 is 2.29 bits per heavy atom. The predicted octanol–water partition coefficient (Wildman–Crippen LogP) is 4.03. The summed E-state index contributed by atoms with van der Waals surface area (Å²) in [7, 11) is -3.49. The zero-order valence-electron chi connectivity index (χ0n) is 20.6. The average molecular weight is 563 g/mol. The Balaban J connectivity index is 1.36. The Kier molecular flexibility index (Phi) is 8.01. The summed E-state index contributed by atoms with van der Waals surface area (Å²) in [6.45, 7) is 1.18. The van der Waals surface area contributed by atoms with Crippen LogP contribution in [0.15, 0.2) is 64.4 Å². The maximum absolute atomic E-state index is 13.9. The molecule has 1 aromatic heterocycles. The summed E-state index contributed by atoms with van der Waals surface area (Å²) >= 11 is 1.27. The summed E-state index contributed by atoms with van der Waals surface area (Å²) in [6.07, 6.45) is 4.90. The van der Waals surface area contributed by atoms with Crippen LogP contribution in [-0.4, -0.2) is 59.9 Å². The third-order valence-electron chi connectivity index (χ3n) is 6.68. The number of hydrogen-bond acceptors (Lipinski definition) is 7. The standard InChI is InChI=1S/C26H28F2N4O4S2/c27-19-14-20(28)16-21(15-19)32-26(33)25(36-22-6-4-5-7-22)24(17-29-32)30-10-12-31(13-11-30)38(34,35)18-37-23-8-2-1-3-9-23/h1-3,8-9,14-17,22H,4-7,10-13,18H2. The lowest BCUT2D eigenvalue weighted by molar-refractivity contribution is 0.205. The molecule has 8 nitrogen and oxygen atoms in total. The molecule has 0 radical (unpaired) electrons. The summed E-state index contributed by atoms with van der Waals surface area (Å²) in [5.74, 6) is -1.58. The van der Waals surface area contributed by atoms with Crippen molar-refractivity contribution >= 4 is 27.5 Å². The highest BCUT2D eigenvalue weighted by Gasteiger charge is 2.30. The van der Waals surface area contributed by atoms with Crippen LogP contribution >= 0.6 is 11.8 Å². The first kappa shape index (κ1) is 26.6. The van der Waals surface area contributed by atoms with E-state index in [2.05, 4.69) is 5.10 Å². The highest BCUT2D eigenvalue weighted by molar-refractivity contribution is 8.11. The maximum atomic E-state index is 13.9. The Morgan fingerprint density at radius 2 is 1.63 bits per heavy atom. The van der Waals surface area contributed by atoms with E-state index in [-0.39, 0.29) is 35.7 Å². The first-order valence-corrected chi connectivity index (χ1v) is 15.1. The minimum Gasteiger partial charge on any atom is -0.483 e. The monoisotopic (exact) mass is 562 g/mol. The van der Waals surface area contributed by atoms with E-state index in [0.717, 1.165) is 53.5 Å².